The number of benzene rings is 1. The van der Waals surface area contributed by atoms with Gasteiger partial charge in [-0.05, 0) is 42.5 Å². The van der Waals surface area contributed by atoms with Gasteiger partial charge in [-0.15, -0.1) is 0 Å². The quantitative estimate of drug-likeness (QED) is 0.790. The molecule has 1 unspecified atom stereocenters. The van der Waals surface area contributed by atoms with Crippen molar-refractivity contribution < 1.29 is 0 Å². The molecule has 2 heteroatoms. The van der Waals surface area contributed by atoms with Crippen molar-refractivity contribution in [3.05, 3.63) is 23.8 Å². The maximum atomic E-state index is 5.84. The zero-order valence-electron chi connectivity index (χ0n) is 10.4. The number of hydrogen-bond acceptors (Lipinski definition) is 2. The molecule has 1 aliphatic heterocycles. The predicted octanol–water partition coefficient (Wildman–Crippen LogP) is 3.07. The topological polar surface area (TPSA) is 29.3 Å². The zero-order valence-corrected chi connectivity index (χ0v) is 10.4. The Balaban J connectivity index is 2.19. The lowest BCUT2D eigenvalue weighted by Gasteiger charge is -2.33. The minimum absolute atomic E-state index is 0.767. The zero-order chi connectivity index (χ0) is 11.5. The Bertz CT molecular complexity index is 360. The van der Waals surface area contributed by atoms with Crippen LogP contribution in [-0.4, -0.2) is 13.1 Å². The third-order valence-corrected chi connectivity index (χ3v) is 3.55. The molecular formula is C14H22N2. The van der Waals surface area contributed by atoms with Crippen LogP contribution in [0.3, 0.4) is 0 Å². The molecule has 2 rings (SSSR count). The summed E-state index contributed by atoms with van der Waals surface area (Å²) < 4.78 is 0. The van der Waals surface area contributed by atoms with Crippen molar-refractivity contribution in [1.82, 2.24) is 0 Å². The molecule has 16 heavy (non-hydrogen) atoms. The summed E-state index contributed by atoms with van der Waals surface area (Å²) in [5.41, 5.74) is 9.56. The molecule has 0 fully saturated rings. The molecule has 0 saturated carbocycles. The number of nitrogens with two attached hydrogens (primary N) is 1. The molecule has 2 N–H and O–H groups in total. The molecule has 0 radical (unpaired) electrons. The fourth-order valence-corrected chi connectivity index (χ4v) is 2.39. The fourth-order valence-electron chi connectivity index (χ4n) is 2.39. The molecule has 0 aromatic heterocycles. The highest BCUT2D eigenvalue weighted by Crippen LogP contribution is 2.29. The van der Waals surface area contributed by atoms with Gasteiger partial charge in [-0.25, -0.2) is 0 Å². The van der Waals surface area contributed by atoms with E-state index >= 15 is 0 Å². The van der Waals surface area contributed by atoms with E-state index in [1.54, 1.807) is 0 Å². The van der Waals surface area contributed by atoms with E-state index in [1.165, 1.54) is 43.6 Å². The first-order valence-corrected chi connectivity index (χ1v) is 6.34. The summed E-state index contributed by atoms with van der Waals surface area (Å²) in [6, 6.07) is 6.35. The SMILES string of the molecule is CCC(C)CN1CCCc2cc(N)ccc21. The van der Waals surface area contributed by atoms with Crippen LogP contribution in [0.4, 0.5) is 11.4 Å². The van der Waals surface area contributed by atoms with Crippen molar-refractivity contribution in [3.8, 4) is 0 Å². The molecule has 1 atom stereocenters. The van der Waals surface area contributed by atoms with Gasteiger partial charge in [0.05, 0.1) is 0 Å². The Morgan fingerprint density at radius 1 is 1.44 bits per heavy atom. The molecule has 0 spiro atoms. The summed E-state index contributed by atoms with van der Waals surface area (Å²) in [6.07, 6.45) is 3.69. The van der Waals surface area contributed by atoms with Crippen molar-refractivity contribution >= 4 is 11.4 Å². The highest BCUT2D eigenvalue weighted by Gasteiger charge is 2.17. The van der Waals surface area contributed by atoms with Gasteiger partial charge < -0.3 is 10.6 Å². The normalized spacial score (nSPS) is 17.0. The van der Waals surface area contributed by atoms with Crippen LogP contribution >= 0.6 is 0 Å². The second-order valence-electron chi connectivity index (χ2n) is 4.95. The monoisotopic (exact) mass is 218 g/mol. The van der Waals surface area contributed by atoms with E-state index in [9.17, 15) is 0 Å². The molecule has 1 aromatic carbocycles. The lowest BCUT2D eigenvalue weighted by Crippen LogP contribution is -2.33. The summed E-state index contributed by atoms with van der Waals surface area (Å²) in [4.78, 5) is 2.52. The van der Waals surface area contributed by atoms with E-state index in [0.29, 0.717) is 0 Å². The first kappa shape index (κ1) is 11.3. The number of rotatable bonds is 3. The van der Waals surface area contributed by atoms with Crippen LogP contribution < -0.4 is 10.6 Å². The van der Waals surface area contributed by atoms with Crippen molar-refractivity contribution in [2.24, 2.45) is 5.92 Å². The van der Waals surface area contributed by atoms with Gasteiger partial charge >= 0.3 is 0 Å². The van der Waals surface area contributed by atoms with Crippen LogP contribution in [0.1, 0.15) is 32.3 Å². The number of fused-ring (bicyclic) bond motifs is 1. The highest BCUT2D eigenvalue weighted by atomic mass is 15.1. The van der Waals surface area contributed by atoms with E-state index in [4.69, 9.17) is 5.73 Å². The van der Waals surface area contributed by atoms with E-state index in [-0.39, 0.29) is 0 Å². The van der Waals surface area contributed by atoms with E-state index in [1.807, 2.05) is 6.07 Å². The molecule has 1 aliphatic rings. The van der Waals surface area contributed by atoms with Crippen molar-refractivity contribution in [3.63, 3.8) is 0 Å². The van der Waals surface area contributed by atoms with Gasteiger partial charge in [0.15, 0.2) is 0 Å². The first-order chi connectivity index (χ1) is 7.70. The summed E-state index contributed by atoms with van der Waals surface area (Å²) >= 11 is 0. The van der Waals surface area contributed by atoms with Gasteiger partial charge in [0.25, 0.3) is 0 Å². The molecule has 88 valence electrons. The molecule has 1 heterocycles. The van der Waals surface area contributed by atoms with Crippen LogP contribution in [0.25, 0.3) is 0 Å². The summed E-state index contributed by atoms with van der Waals surface area (Å²) in [5.74, 6) is 0.767. The average Bonchev–Trinajstić information content (AvgIpc) is 2.28. The number of anilines is 2. The average molecular weight is 218 g/mol. The number of nitrogens with zero attached hydrogens (tertiary/aromatic N) is 1. The third-order valence-electron chi connectivity index (χ3n) is 3.55. The van der Waals surface area contributed by atoms with Crippen molar-refractivity contribution in [2.75, 3.05) is 23.7 Å². The molecule has 0 saturated heterocycles. The number of nitrogen functional groups attached to an aromatic ring is 1. The van der Waals surface area contributed by atoms with Gasteiger partial charge in [0.2, 0.25) is 0 Å². The molecule has 1 aromatic rings. The van der Waals surface area contributed by atoms with Crippen molar-refractivity contribution in [1.29, 1.82) is 0 Å². The van der Waals surface area contributed by atoms with Crippen LogP contribution in [0.15, 0.2) is 18.2 Å². The van der Waals surface area contributed by atoms with Crippen LogP contribution in [-0.2, 0) is 6.42 Å². The Hall–Kier alpha value is -1.18. The largest absolute Gasteiger partial charge is 0.399 e. The third kappa shape index (κ3) is 2.31. The van der Waals surface area contributed by atoms with Gasteiger partial charge in [-0.1, -0.05) is 20.3 Å². The van der Waals surface area contributed by atoms with Crippen LogP contribution in [0.5, 0.6) is 0 Å². The number of aryl methyl sites for hydroxylation is 1. The van der Waals surface area contributed by atoms with Gasteiger partial charge in [-0.3, -0.25) is 0 Å². The Labute approximate surface area is 98.4 Å². The van der Waals surface area contributed by atoms with Crippen LogP contribution in [0, 0.1) is 5.92 Å². The highest BCUT2D eigenvalue weighted by molar-refractivity contribution is 5.61. The van der Waals surface area contributed by atoms with Crippen molar-refractivity contribution in [2.45, 2.75) is 33.1 Å². The standard InChI is InChI=1S/C14H22N2/c1-3-11(2)10-16-8-4-5-12-9-13(15)6-7-14(12)16/h6-7,9,11H,3-5,8,10,15H2,1-2H3. The smallest absolute Gasteiger partial charge is 0.0400 e. The summed E-state index contributed by atoms with van der Waals surface area (Å²) in [7, 11) is 0. The molecule has 0 aliphatic carbocycles. The summed E-state index contributed by atoms with van der Waals surface area (Å²) in [6.45, 7) is 6.96. The van der Waals surface area contributed by atoms with Crippen LogP contribution in [0.2, 0.25) is 0 Å². The molecular weight excluding hydrogens is 196 g/mol. The van der Waals surface area contributed by atoms with E-state index in [0.717, 1.165) is 11.6 Å². The molecule has 0 bridgehead atoms. The second kappa shape index (κ2) is 4.77. The predicted molar refractivity (Wildman–Crippen MR) is 70.8 cm³/mol. The van der Waals surface area contributed by atoms with Gasteiger partial charge in [0.1, 0.15) is 0 Å². The second-order valence-corrected chi connectivity index (χ2v) is 4.95. The van der Waals surface area contributed by atoms with E-state index in [2.05, 4.69) is 30.9 Å². The van der Waals surface area contributed by atoms with Gasteiger partial charge in [-0.2, -0.15) is 0 Å². The Morgan fingerprint density at radius 2 is 2.25 bits per heavy atom. The molecule has 0 amide bonds. The molecule has 2 nitrogen and oxygen atoms in total. The Kier molecular flexibility index (Phi) is 3.37. The maximum Gasteiger partial charge on any atom is 0.0400 e. The maximum absolute atomic E-state index is 5.84. The van der Waals surface area contributed by atoms with Gasteiger partial charge in [0, 0.05) is 24.5 Å². The number of hydrogen-bond donors (Lipinski definition) is 1. The lowest BCUT2D eigenvalue weighted by atomic mass is 9.99. The minimum Gasteiger partial charge on any atom is -0.399 e. The minimum atomic E-state index is 0.767. The fraction of sp³-hybridized carbons (Fsp3) is 0.571. The van der Waals surface area contributed by atoms with E-state index < -0.39 is 0 Å². The lowest BCUT2D eigenvalue weighted by molar-refractivity contribution is 0.530. The first-order valence-electron chi connectivity index (χ1n) is 6.34. The summed E-state index contributed by atoms with van der Waals surface area (Å²) in [5, 5.41) is 0. The Morgan fingerprint density at radius 3 is 3.00 bits per heavy atom.